The van der Waals surface area contributed by atoms with Gasteiger partial charge >= 0.3 is 0 Å². The van der Waals surface area contributed by atoms with Gasteiger partial charge in [0.1, 0.15) is 0 Å². The standard InChI is InChI=1S/C19H26N2O/c1-13(2)12-21-17(14(3)4)11-10-16(19(21)22)18(20)15-8-6-5-7-9-15/h5-11,13-14,18H,12,20H2,1-4H3. The Balaban J connectivity index is 2.52. The lowest BCUT2D eigenvalue weighted by atomic mass is 9.99. The fourth-order valence-corrected chi connectivity index (χ4v) is 2.74. The van der Waals surface area contributed by atoms with Gasteiger partial charge in [-0.25, -0.2) is 0 Å². The molecule has 1 unspecified atom stereocenters. The number of hydrogen-bond acceptors (Lipinski definition) is 2. The molecule has 0 amide bonds. The molecule has 3 nitrogen and oxygen atoms in total. The Morgan fingerprint density at radius 1 is 1.00 bits per heavy atom. The normalized spacial score (nSPS) is 12.9. The molecule has 0 bridgehead atoms. The zero-order valence-electron chi connectivity index (χ0n) is 13.9. The smallest absolute Gasteiger partial charge is 0.255 e. The van der Waals surface area contributed by atoms with Gasteiger partial charge in [0.05, 0.1) is 6.04 Å². The summed E-state index contributed by atoms with van der Waals surface area (Å²) < 4.78 is 1.90. The molecule has 1 aromatic carbocycles. The minimum Gasteiger partial charge on any atom is -0.320 e. The summed E-state index contributed by atoms with van der Waals surface area (Å²) in [6, 6.07) is 13.3. The van der Waals surface area contributed by atoms with E-state index in [0.29, 0.717) is 17.4 Å². The number of hydrogen-bond donors (Lipinski definition) is 1. The van der Waals surface area contributed by atoms with E-state index < -0.39 is 0 Å². The summed E-state index contributed by atoms with van der Waals surface area (Å²) in [6.45, 7) is 9.20. The molecule has 118 valence electrons. The Morgan fingerprint density at radius 3 is 2.18 bits per heavy atom. The van der Waals surface area contributed by atoms with Gasteiger partial charge in [0.15, 0.2) is 0 Å². The Bertz CT molecular complexity index is 672. The van der Waals surface area contributed by atoms with Crippen molar-refractivity contribution in [1.82, 2.24) is 4.57 Å². The Labute approximate surface area is 132 Å². The molecule has 0 aliphatic heterocycles. The molecule has 0 fully saturated rings. The maximum Gasteiger partial charge on any atom is 0.255 e. The van der Waals surface area contributed by atoms with E-state index >= 15 is 0 Å². The van der Waals surface area contributed by atoms with Crippen LogP contribution in [0.2, 0.25) is 0 Å². The first kappa shape index (κ1) is 16.5. The Kier molecular flexibility index (Phi) is 5.19. The van der Waals surface area contributed by atoms with Gasteiger partial charge in [0.2, 0.25) is 0 Å². The first-order valence-corrected chi connectivity index (χ1v) is 7.96. The molecule has 0 saturated carbocycles. The second kappa shape index (κ2) is 6.93. The molecule has 0 saturated heterocycles. The van der Waals surface area contributed by atoms with Crippen molar-refractivity contribution in [3.8, 4) is 0 Å². The minimum atomic E-state index is -0.381. The van der Waals surface area contributed by atoms with E-state index in [1.165, 1.54) is 0 Å². The molecule has 2 aromatic rings. The largest absolute Gasteiger partial charge is 0.320 e. The van der Waals surface area contributed by atoms with Gasteiger partial charge in [-0.15, -0.1) is 0 Å². The van der Waals surface area contributed by atoms with E-state index in [1.54, 1.807) is 0 Å². The van der Waals surface area contributed by atoms with Crippen LogP contribution in [0.3, 0.4) is 0 Å². The molecule has 0 aliphatic rings. The third-order valence-corrected chi connectivity index (χ3v) is 3.87. The molecule has 22 heavy (non-hydrogen) atoms. The number of pyridine rings is 1. The monoisotopic (exact) mass is 298 g/mol. The van der Waals surface area contributed by atoms with Crippen LogP contribution in [0, 0.1) is 5.92 Å². The molecule has 1 heterocycles. The highest BCUT2D eigenvalue weighted by Gasteiger charge is 2.17. The maximum absolute atomic E-state index is 12.9. The van der Waals surface area contributed by atoms with Gasteiger partial charge in [0, 0.05) is 17.8 Å². The van der Waals surface area contributed by atoms with Crippen molar-refractivity contribution in [3.05, 3.63) is 69.6 Å². The lowest BCUT2D eigenvalue weighted by Gasteiger charge is -2.21. The van der Waals surface area contributed by atoms with Crippen LogP contribution < -0.4 is 11.3 Å². The first-order chi connectivity index (χ1) is 10.4. The van der Waals surface area contributed by atoms with Crippen LogP contribution in [0.25, 0.3) is 0 Å². The van der Waals surface area contributed by atoms with Crippen LogP contribution in [-0.2, 0) is 6.54 Å². The molecule has 0 aliphatic carbocycles. The number of rotatable bonds is 5. The van der Waals surface area contributed by atoms with E-state index in [1.807, 2.05) is 47.0 Å². The maximum atomic E-state index is 12.9. The molecule has 3 heteroatoms. The molecular weight excluding hydrogens is 272 g/mol. The van der Waals surface area contributed by atoms with E-state index in [-0.39, 0.29) is 11.6 Å². The predicted molar refractivity (Wildman–Crippen MR) is 92.1 cm³/mol. The van der Waals surface area contributed by atoms with Gasteiger partial charge < -0.3 is 10.3 Å². The second-order valence-corrected chi connectivity index (χ2v) is 6.57. The van der Waals surface area contributed by atoms with Crippen molar-refractivity contribution in [2.24, 2.45) is 11.7 Å². The van der Waals surface area contributed by atoms with Gasteiger partial charge in [-0.2, -0.15) is 0 Å². The summed E-state index contributed by atoms with van der Waals surface area (Å²) in [5.41, 5.74) is 9.07. The summed E-state index contributed by atoms with van der Waals surface area (Å²) in [5.74, 6) is 0.729. The molecular formula is C19H26N2O. The van der Waals surface area contributed by atoms with Crippen molar-refractivity contribution in [2.45, 2.75) is 46.2 Å². The van der Waals surface area contributed by atoms with Gasteiger partial charge in [-0.3, -0.25) is 4.79 Å². The fourth-order valence-electron chi connectivity index (χ4n) is 2.74. The lowest BCUT2D eigenvalue weighted by molar-refractivity contribution is 0.484. The van der Waals surface area contributed by atoms with E-state index in [0.717, 1.165) is 17.8 Å². The van der Waals surface area contributed by atoms with Crippen molar-refractivity contribution >= 4 is 0 Å². The van der Waals surface area contributed by atoms with Crippen molar-refractivity contribution in [1.29, 1.82) is 0 Å². The minimum absolute atomic E-state index is 0.0382. The Morgan fingerprint density at radius 2 is 1.64 bits per heavy atom. The average Bonchev–Trinajstić information content (AvgIpc) is 2.48. The molecule has 2 rings (SSSR count). The van der Waals surface area contributed by atoms with E-state index in [4.69, 9.17) is 5.73 Å². The summed E-state index contributed by atoms with van der Waals surface area (Å²) >= 11 is 0. The van der Waals surface area contributed by atoms with Crippen LogP contribution in [0.15, 0.2) is 47.3 Å². The summed E-state index contributed by atoms with van der Waals surface area (Å²) in [7, 11) is 0. The van der Waals surface area contributed by atoms with Crippen LogP contribution in [-0.4, -0.2) is 4.57 Å². The Hall–Kier alpha value is -1.87. The third-order valence-electron chi connectivity index (χ3n) is 3.87. The van der Waals surface area contributed by atoms with Crippen LogP contribution in [0.5, 0.6) is 0 Å². The van der Waals surface area contributed by atoms with Crippen LogP contribution in [0.1, 0.15) is 56.5 Å². The molecule has 0 spiro atoms. The summed E-state index contributed by atoms with van der Waals surface area (Å²) in [6.07, 6.45) is 0. The van der Waals surface area contributed by atoms with Crippen LogP contribution >= 0.6 is 0 Å². The van der Waals surface area contributed by atoms with E-state index in [9.17, 15) is 4.79 Å². The van der Waals surface area contributed by atoms with Crippen molar-refractivity contribution in [3.63, 3.8) is 0 Å². The van der Waals surface area contributed by atoms with Gasteiger partial charge in [-0.05, 0) is 29.5 Å². The quantitative estimate of drug-likeness (QED) is 0.915. The highest BCUT2D eigenvalue weighted by atomic mass is 16.1. The highest BCUT2D eigenvalue weighted by Crippen LogP contribution is 2.20. The average molecular weight is 298 g/mol. The van der Waals surface area contributed by atoms with Gasteiger partial charge in [0.25, 0.3) is 5.56 Å². The van der Waals surface area contributed by atoms with Crippen molar-refractivity contribution < 1.29 is 0 Å². The third kappa shape index (κ3) is 3.47. The topological polar surface area (TPSA) is 48.0 Å². The number of benzene rings is 1. The van der Waals surface area contributed by atoms with Crippen molar-refractivity contribution in [2.75, 3.05) is 0 Å². The zero-order chi connectivity index (χ0) is 16.3. The fraction of sp³-hybridized carbons (Fsp3) is 0.421. The summed E-state index contributed by atoms with van der Waals surface area (Å²) in [5, 5.41) is 0. The van der Waals surface area contributed by atoms with Crippen LogP contribution in [0.4, 0.5) is 0 Å². The molecule has 2 N–H and O–H groups in total. The highest BCUT2D eigenvalue weighted by molar-refractivity contribution is 5.31. The molecule has 1 atom stereocenters. The lowest BCUT2D eigenvalue weighted by Crippen LogP contribution is -2.32. The predicted octanol–water partition coefficient (Wildman–Crippen LogP) is 3.68. The molecule has 0 radical (unpaired) electrons. The number of nitrogens with two attached hydrogens (primary N) is 1. The van der Waals surface area contributed by atoms with Gasteiger partial charge in [-0.1, -0.05) is 58.0 Å². The number of aromatic nitrogens is 1. The van der Waals surface area contributed by atoms with E-state index in [2.05, 4.69) is 27.7 Å². The summed E-state index contributed by atoms with van der Waals surface area (Å²) in [4.78, 5) is 12.9. The number of nitrogens with zero attached hydrogens (tertiary/aromatic N) is 1. The first-order valence-electron chi connectivity index (χ1n) is 7.96. The zero-order valence-corrected chi connectivity index (χ0v) is 13.9. The molecule has 1 aromatic heterocycles. The SMILES string of the molecule is CC(C)Cn1c(C(C)C)ccc(C(N)c2ccccc2)c1=O. The second-order valence-electron chi connectivity index (χ2n) is 6.57.